The molecule has 0 saturated carbocycles. The number of carbonyl (C=O) groups is 1. The summed E-state index contributed by atoms with van der Waals surface area (Å²) in [5.41, 5.74) is 1.34. The van der Waals surface area contributed by atoms with Gasteiger partial charge in [-0.25, -0.2) is 4.98 Å². The summed E-state index contributed by atoms with van der Waals surface area (Å²) in [6.07, 6.45) is 0. The highest BCUT2D eigenvalue weighted by Gasteiger charge is 2.25. The Morgan fingerprint density at radius 1 is 1.58 bits per heavy atom. The van der Waals surface area contributed by atoms with Gasteiger partial charge in [0.25, 0.3) is 5.91 Å². The van der Waals surface area contributed by atoms with E-state index >= 15 is 0 Å². The fourth-order valence-electron chi connectivity index (χ4n) is 2.41. The molecule has 19 heavy (non-hydrogen) atoms. The number of ether oxygens (including phenoxy) is 1. The molecule has 1 N–H and O–H groups in total. The Morgan fingerprint density at radius 2 is 2.37 bits per heavy atom. The summed E-state index contributed by atoms with van der Waals surface area (Å²) < 4.78 is 7.35. The zero-order chi connectivity index (χ0) is 13.6. The molecule has 0 saturated heterocycles. The van der Waals surface area contributed by atoms with Gasteiger partial charge in [0, 0.05) is 11.9 Å². The normalized spacial score (nSPS) is 18.3. The number of carbonyl (C=O) groups excluding carboxylic acids is 1. The van der Waals surface area contributed by atoms with Crippen LogP contribution in [-0.4, -0.2) is 28.6 Å². The molecule has 1 aliphatic heterocycles. The summed E-state index contributed by atoms with van der Waals surface area (Å²) in [4.78, 5) is 16.2. The third-order valence-electron chi connectivity index (χ3n) is 3.26. The van der Waals surface area contributed by atoms with Crippen molar-refractivity contribution >= 4 is 28.5 Å². The predicted octanol–water partition coefficient (Wildman–Crippen LogP) is 2.39. The molecule has 2 aromatic rings. The lowest BCUT2D eigenvalue weighted by Gasteiger charge is -2.23. The van der Waals surface area contributed by atoms with E-state index in [-0.39, 0.29) is 11.9 Å². The van der Waals surface area contributed by atoms with Crippen molar-refractivity contribution in [3.63, 3.8) is 0 Å². The van der Waals surface area contributed by atoms with Crippen molar-refractivity contribution in [1.29, 1.82) is 0 Å². The van der Waals surface area contributed by atoms with Crippen LogP contribution < -0.4 is 10.1 Å². The lowest BCUT2D eigenvalue weighted by Crippen LogP contribution is -2.37. The standard InChI is InChI=1S/C13H14ClN3O2/c1-3-19-10-5-8-4-9-13(18)15-6-7(2)17(9)12(8)16-11(10)14/h4-5,7H,3,6H2,1-2H3,(H,15,18)/t7-/m1/s1. The topological polar surface area (TPSA) is 56.1 Å². The van der Waals surface area contributed by atoms with Gasteiger partial charge in [-0.2, -0.15) is 0 Å². The second kappa shape index (κ2) is 4.42. The number of pyridine rings is 1. The van der Waals surface area contributed by atoms with E-state index in [4.69, 9.17) is 16.3 Å². The first kappa shape index (κ1) is 12.3. The van der Waals surface area contributed by atoms with Gasteiger partial charge >= 0.3 is 0 Å². The number of rotatable bonds is 2. The second-order valence-electron chi connectivity index (χ2n) is 4.58. The van der Waals surface area contributed by atoms with Crippen LogP contribution in [0.3, 0.4) is 0 Å². The largest absolute Gasteiger partial charge is 0.491 e. The Hall–Kier alpha value is -1.75. The summed E-state index contributed by atoms with van der Waals surface area (Å²) in [7, 11) is 0. The minimum absolute atomic E-state index is 0.0785. The monoisotopic (exact) mass is 279 g/mol. The molecule has 0 fully saturated rings. The zero-order valence-corrected chi connectivity index (χ0v) is 11.5. The molecule has 1 atom stereocenters. The van der Waals surface area contributed by atoms with Crippen LogP contribution in [0.1, 0.15) is 30.4 Å². The van der Waals surface area contributed by atoms with Crippen molar-refractivity contribution < 1.29 is 9.53 Å². The summed E-state index contributed by atoms with van der Waals surface area (Å²) in [6.45, 7) is 5.05. The van der Waals surface area contributed by atoms with E-state index in [1.54, 1.807) is 0 Å². The molecule has 0 bridgehead atoms. The summed E-state index contributed by atoms with van der Waals surface area (Å²) >= 11 is 6.12. The van der Waals surface area contributed by atoms with Crippen molar-refractivity contribution in [2.24, 2.45) is 0 Å². The third-order valence-corrected chi connectivity index (χ3v) is 3.53. The van der Waals surface area contributed by atoms with E-state index in [1.165, 1.54) is 0 Å². The third kappa shape index (κ3) is 1.85. The molecule has 100 valence electrons. The van der Waals surface area contributed by atoms with Gasteiger partial charge < -0.3 is 14.6 Å². The lowest BCUT2D eigenvalue weighted by molar-refractivity contribution is 0.0919. The highest BCUT2D eigenvalue weighted by Crippen LogP contribution is 2.31. The van der Waals surface area contributed by atoms with E-state index in [0.717, 1.165) is 11.0 Å². The molecular weight excluding hydrogens is 266 g/mol. The average Bonchev–Trinajstić information content (AvgIpc) is 2.74. The maximum absolute atomic E-state index is 11.9. The number of halogens is 1. The molecule has 1 amide bonds. The molecule has 0 unspecified atom stereocenters. The van der Waals surface area contributed by atoms with Crippen LogP contribution in [0.2, 0.25) is 5.15 Å². The SMILES string of the molecule is CCOc1cc2cc3n(c2nc1Cl)[C@H](C)CNC3=O. The van der Waals surface area contributed by atoms with Gasteiger partial charge in [0.05, 0.1) is 12.6 Å². The van der Waals surface area contributed by atoms with Crippen molar-refractivity contribution in [2.45, 2.75) is 19.9 Å². The van der Waals surface area contributed by atoms with E-state index < -0.39 is 0 Å². The quantitative estimate of drug-likeness (QED) is 0.859. The zero-order valence-electron chi connectivity index (χ0n) is 10.7. The van der Waals surface area contributed by atoms with Crippen molar-refractivity contribution in [3.8, 4) is 5.75 Å². The smallest absolute Gasteiger partial charge is 0.268 e. The first-order chi connectivity index (χ1) is 9.11. The molecule has 3 rings (SSSR count). The van der Waals surface area contributed by atoms with Crippen molar-refractivity contribution in [1.82, 2.24) is 14.9 Å². The molecular formula is C13H14ClN3O2. The first-order valence-electron chi connectivity index (χ1n) is 6.24. The number of hydrogen-bond acceptors (Lipinski definition) is 3. The molecule has 2 aromatic heterocycles. The second-order valence-corrected chi connectivity index (χ2v) is 4.94. The van der Waals surface area contributed by atoms with E-state index in [2.05, 4.69) is 10.3 Å². The molecule has 6 heteroatoms. The van der Waals surface area contributed by atoms with Crippen LogP contribution in [0, 0.1) is 0 Å². The summed E-state index contributed by atoms with van der Waals surface area (Å²) in [5.74, 6) is 0.470. The van der Waals surface area contributed by atoms with Crippen LogP contribution in [0.4, 0.5) is 0 Å². The Balaban J connectivity index is 2.25. The number of amides is 1. The number of nitrogens with one attached hydrogen (secondary N) is 1. The fraction of sp³-hybridized carbons (Fsp3) is 0.385. The van der Waals surface area contributed by atoms with Crippen LogP contribution in [0.5, 0.6) is 5.75 Å². The first-order valence-corrected chi connectivity index (χ1v) is 6.62. The minimum atomic E-state index is -0.0785. The molecule has 0 aromatic carbocycles. The number of fused-ring (bicyclic) bond motifs is 3. The maximum Gasteiger partial charge on any atom is 0.268 e. The van der Waals surface area contributed by atoms with Crippen LogP contribution in [0.15, 0.2) is 12.1 Å². The summed E-state index contributed by atoms with van der Waals surface area (Å²) in [6, 6.07) is 3.82. The fourth-order valence-corrected chi connectivity index (χ4v) is 2.60. The molecule has 0 aliphatic carbocycles. The Kier molecular flexibility index (Phi) is 2.86. The Bertz CT molecular complexity index is 665. The van der Waals surface area contributed by atoms with Crippen molar-refractivity contribution in [3.05, 3.63) is 23.0 Å². The van der Waals surface area contributed by atoms with Crippen molar-refractivity contribution in [2.75, 3.05) is 13.2 Å². The molecule has 5 nitrogen and oxygen atoms in total. The molecule has 0 radical (unpaired) electrons. The van der Waals surface area contributed by atoms with Gasteiger partial charge in [0.2, 0.25) is 0 Å². The number of aromatic nitrogens is 2. The molecule has 3 heterocycles. The highest BCUT2D eigenvalue weighted by atomic mass is 35.5. The Labute approximate surface area is 115 Å². The van der Waals surface area contributed by atoms with Crippen LogP contribution in [-0.2, 0) is 0 Å². The maximum atomic E-state index is 11.9. The molecule has 1 aliphatic rings. The predicted molar refractivity (Wildman–Crippen MR) is 73.0 cm³/mol. The van der Waals surface area contributed by atoms with Crippen LogP contribution >= 0.6 is 11.6 Å². The van der Waals surface area contributed by atoms with E-state index in [0.29, 0.717) is 29.7 Å². The number of hydrogen-bond donors (Lipinski definition) is 1. The lowest BCUT2D eigenvalue weighted by atomic mass is 10.2. The Morgan fingerprint density at radius 3 is 3.11 bits per heavy atom. The van der Waals surface area contributed by atoms with Crippen LogP contribution in [0.25, 0.3) is 11.0 Å². The van der Waals surface area contributed by atoms with Gasteiger partial charge in [-0.3, -0.25) is 4.79 Å². The highest BCUT2D eigenvalue weighted by molar-refractivity contribution is 6.31. The van der Waals surface area contributed by atoms with Gasteiger partial charge in [0.1, 0.15) is 11.3 Å². The van der Waals surface area contributed by atoms with Gasteiger partial charge in [0.15, 0.2) is 10.9 Å². The van der Waals surface area contributed by atoms with Gasteiger partial charge in [-0.1, -0.05) is 11.6 Å². The van der Waals surface area contributed by atoms with E-state index in [1.807, 2.05) is 30.5 Å². The average molecular weight is 280 g/mol. The number of nitrogens with zero attached hydrogens (tertiary/aromatic N) is 2. The molecule has 0 spiro atoms. The minimum Gasteiger partial charge on any atom is -0.491 e. The van der Waals surface area contributed by atoms with Gasteiger partial charge in [-0.05, 0) is 26.0 Å². The van der Waals surface area contributed by atoms with E-state index in [9.17, 15) is 4.79 Å². The summed E-state index contributed by atoms with van der Waals surface area (Å²) in [5, 5.41) is 4.05. The van der Waals surface area contributed by atoms with Gasteiger partial charge in [-0.15, -0.1) is 0 Å².